The zero-order valence-corrected chi connectivity index (χ0v) is 17.4. The number of terminal acetylenes is 1. The first-order valence-corrected chi connectivity index (χ1v) is 10.4. The number of sulfonamides is 1. The highest BCUT2D eigenvalue weighted by molar-refractivity contribution is 7.89. The van der Waals surface area contributed by atoms with Crippen molar-refractivity contribution < 1.29 is 40.6 Å². The lowest BCUT2D eigenvalue weighted by Gasteiger charge is -2.32. The van der Waals surface area contributed by atoms with Crippen molar-refractivity contribution in [3.05, 3.63) is 41.5 Å². The van der Waals surface area contributed by atoms with Gasteiger partial charge >= 0.3 is 6.18 Å². The van der Waals surface area contributed by atoms with Gasteiger partial charge in [0.2, 0.25) is 15.6 Å². The summed E-state index contributed by atoms with van der Waals surface area (Å²) in [6.07, 6.45) is 0.353. The minimum Gasteiger partial charge on any atom is -0.488 e. The predicted molar refractivity (Wildman–Crippen MR) is 104 cm³/mol. The molecular weight excluding hydrogens is 472 g/mol. The first-order chi connectivity index (χ1) is 15.2. The summed E-state index contributed by atoms with van der Waals surface area (Å²) in [5.74, 6) is -1.24. The normalized spacial score (nSPS) is 19.1. The molecule has 2 heterocycles. The summed E-state index contributed by atoms with van der Waals surface area (Å²) in [6, 6.07) is 2.35. The molecule has 2 atom stereocenters. The molecule has 0 bridgehead atoms. The molecule has 0 saturated heterocycles. The number of carbonyl (C=O) groups excluding carboxylic acids is 1. The number of halogens is 4. The van der Waals surface area contributed by atoms with E-state index in [0.717, 1.165) is 34.9 Å². The van der Waals surface area contributed by atoms with Gasteiger partial charge in [0.25, 0.3) is 5.91 Å². The number of nitriles is 1. The zero-order valence-electron chi connectivity index (χ0n) is 16.6. The molecule has 1 aromatic carbocycles. The van der Waals surface area contributed by atoms with Crippen molar-refractivity contribution >= 4 is 21.6 Å². The third-order valence-corrected chi connectivity index (χ3v) is 6.26. The van der Waals surface area contributed by atoms with Crippen molar-refractivity contribution in [1.82, 2.24) is 9.29 Å². The van der Waals surface area contributed by atoms with Crippen LogP contribution in [0.2, 0.25) is 0 Å². The lowest BCUT2D eigenvalue weighted by molar-refractivity contribution is -0.245. The number of hydrogen-bond donors (Lipinski definition) is 3. The molecule has 1 aliphatic heterocycles. The molecule has 1 aliphatic rings. The molecule has 0 spiro atoms. The van der Waals surface area contributed by atoms with Gasteiger partial charge in [-0.05, 0) is 18.2 Å². The van der Waals surface area contributed by atoms with Crippen molar-refractivity contribution in [2.24, 2.45) is 7.05 Å². The van der Waals surface area contributed by atoms with Gasteiger partial charge in [-0.25, -0.2) is 17.5 Å². The number of carbonyl (C=O) groups is 1. The number of alkyl halides is 3. The average Bonchev–Trinajstić information content (AvgIpc) is 3.01. The van der Waals surface area contributed by atoms with Crippen molar-refractivity contribution in [3.8, 4) is 24.2 Å². The topological polar surface area (TPSA) is 133 Å². The van der Waals surface area contributed by atoms with E-state index in [9.17, 15) is 35.9 Å². The summed E-state index contributed by atoms with van der Waals surface area (Å²) in [5, 5.41) is 21.2. The molecule has 3 N–H and O–H groups in total. The Morgan fingerprint density at radius 2 is 2.09 bits per heavy atom. The number of nitrogens with one attached hydrogen (secondary N) is 2. The van der Waals surface area contributed by atoms with Crippen LogP contribution in [0.3, 0.4) is 0 Å². The molecule has 174 valence electrons. The molecule has 0 radical (unpaired) electrons. The van der Waals surface area contributed by atoms with Crippen LogP contribution in [0.25, 0.3) is 0 Å². The van der Waals surface area contributed by atoms with Crippen molar-refractivity contribution in [3.63, 3.8) is 0 Å². The Morgan fingerprint density at radius 1 is 1.42 bits per heavy atom. The maximum atomic E-state index is 13.5. The summed E-state index contributed by atoms with van der Waals surface area (Å²) < 4.78 is 86.8. The standard InChI is InChI=1S/C19H14F4N4O5S/c1-3-18(29,19(21,22)23)14-9-32-16-13(33(30,31)26-14)8-27(2)15(16)17(28)25-11-4-5-12(20)10(6-11)7-24/h1,4-6,8,14,26,29H,9H2,2H3,(H,25,28)/t14-,18+/m1/s1. The molecule has 1 amide bonds. The number of rotatable bonds is 3. The maximum absolute atomic E-state index is 13.5. The average molecular weight is 486 g/mol. The number of nitrogens with zero attached hydrogens (tertiary/aromatic N) is 2. The molecule has 3 rings (SSSR count). The summed E-state index contributed by atoms with van der Waals surface area (Å²) in [6.45, 7) is -1.06. The van der Waals surface area contributed by atoms with Gasteiger partial charge in [-0.2, -0.15) is 18.4 Å². The van der Waals surface area contributed by atoms with E-state index >= 15 is 0 Å². The number of aromatic nitrogens is 1. The van der Waals surface area contributed by atoms with Gasteiger partial charge in [-0.15, -0.1) is 6.42 Å². The Kier molecular flexibility index (Phi) is 5.89. The predicted octanol–water partition coefficient (Wildman–Crippen LogP) is 1.25. The second kappa shape index (κ2) is 8.08. The van der Waals surface area contributed by atoms with Gasteiger partial charge in [-0.1, -0.05) is 5.92 Å². The van der Waals surface area contributed by atoms with E-state index in [4.69, 9.17) is 16.4 Å². The smallest absolute Gasteiger partial charge is 0.430 e. The third-order valence-electron chi connectivity index (χ3n) is 4.80. The lowest BCUT2D eigenvalue weighted by atomic mass is 9.95. The van der Waals surface area contributed by atoms with Gasteiger partial charge in [-0.3, -0.25) is 4.79 Å². The molecule has 0 fully saturated rings. The van der Waals surface area contributed by atoms with Gasteiger partial charge in [0.05, 0.1) is 5.56 Å². The van der Waals surface area contributed by atoms with Crippen LogP contribution in [-0.2, 0) is 17.1 Å². The molecule has 9 nitrogen and oxygen atoms in total. The van der Waals surface area contributed by atoms with Crippen molar-refractivity contribution in [1.29, 1.82) is 5.26 Å². The van der Waals surface area contributed by atoms with E-state index in [-0.39, 0.29) is 11.3 Å². The molecule has 2 aromatic rings. The van der Waals surface area contributed by atoms with E-state index in [1.54, 1.807) is 10.8 Å². The van der Waals surface area contributed by atoms with Crippen molar-refractivity contribution in [2.45, 2.75) is 22.7 Å². The van der Waals surface area contributed by atoms with E-state index in [1.165, 1.54) is 7.05 Å². The number of aliphatic hydroxyl groups is 1. The van der Waals surface area contributed by atoms with Crippen LogP contribution in [-0.4, -0.2) is 48.4 Å². The maximum Gasteiger partial charge on any atom is 0.430 e. The van der Waals surface area contributed by atoms with E-state index in [0.29, 0.717) is 0 Å². The van der Waals surface area contributed by atoms with Crippen LogP contribution in [0.4, 0.5) is 23.2 Å². The minimum atomic E-state index is -5.40. The van der Waals surface area contributed by atoms with Crippen LogP contribution < -0.4 is 14.8 Å². The van der Waals surface area contributed by atoms with E-state index < -0.39 is 62.5 Å². The molecule has 0 aliphatic carbocycles. The first-order valence-electron chi connectivity index (χ1n) is 8.87. The summed E-state index contributed by atoms with van der Waals surface area (Å²) in [7, 11) is -3.45. The summed E-state index contributed by atoms with van der Waals surface area (Å²) >= 11 is 0. The molecular formula is C19H14F4N4O5S. The first kappa shape index (κ1) is 24.1. The number of ether oxygens (including phenoxy) is 1. The Bertz CT molecular complexity index is 1320. The number of amides is 1. The highest BCUT2D eigenvalue weighted by atomic mass is 32.2. The van der Waals surface area contributed by atoms with Crippen LogP contribution in [0, 0.1) is 29.5 Å². The molecule has 0 saturated carbocycles. The highest BCUT2D eigenvalue weighted by Gasteiger charge is 2.60. The number of fused-ring (bicyclic) bond motifs is 1. The summed E-state index contributed by atoms with van der Waals surface area (Å²) in [5.41, 5.74) is -4.69. The van der Waals surface area contributed by atoms with Gasteiger partial charge in [0, 0.05) is 18.9 Å². The fourth-order valence-electron chi connectivity index (χ4n) is 3.09. The Morgan fingerprint density at radius 3 is 2.67 bits per heavy atom. The number of hydrogen-bond acceptors (Lipinski definition) is 6. The second-order valence-corrected chi connectivity index (χ2v) is 8.62. The van der Waals surface area contributed by atoms with Crippen LogP contribution in [0.15, 0.2) is 29.3 Å². The second-order valence-electron chi connectivity index (χ2n) is 6.94. The number of aryl methyl sites for hydroxylation is 1. The highest BCUT2D eigenvalue weighted by Crippen LogP contribution is 2.38. The quantitative estimate of drug-likeness (QED) is 0.442. The molecule has 14 heteroatoms. The fourth-order valence-corrected chi connectivity index (χ4v) is 4.52. The van der Waals surface area contributed by atoms with E-state index in [1.807, 2.05) is 0 Å². The largest absolute Gasteiger partial charge is 0.488 e. The Hall–Kier alpha value is -3.59. The van der Waals surface area contributed by atoms with Gasteiger partial charge in [0.15, 0.2) is 11.4 Å². The Balaban J connectivity index is 2.01. The molecule has 33 heavy (non-hydrogen) atoms. The number of anilines is 1. The lowest BCUT2D eigenvalue weighted by Crippen LogP contribution is -2.61. The van der Waals surface area contributed by atoms with Gasteiger partial charge in [0.1, 0.15) is 29.4 Å². The van der Waals surface area contributed by atoms with Crippen molar-refractivity contribution in [2.75, 3.05) is 11.9 Å². The van der Waals surface area contributed by atoms with Gasteiger partial charge < -0.3 is 19.7 Å². The molecule has 0 unspecified atom stereocenters. The SMILES string of the molecule is C#C[C@](O)([C@H]1COc2c(cn(C)c2C(=O)Nc2ccc(F)c(C#N)c2)S(=O)(=O)N1)C(F)(F)F. The number of benzene rings is 1. The van der Waals surface area contributed by atoms with E-state index in [2.05, 4.69) is 5.32 Å². The minimum absolute atomic E-state index is 0.0147. The van der Waals surface area contributed by atoms with Crippen LogP contribution in [0.5, 0.6) is 5.75 Å². The monoisotopic (exact) mass is 486 g/mol. The fraction of sp³-hybridized carbons (Fsp3) is 0.263. The van der Waals surface area contributed by atoms with Crippen LogP contribution >= 0.6 is 0 Å². The third kappa shape index (κ3) is 4.11. The summed E-state index contributed by atoms with van der Waals surface area (Å²) in [4.78, 5) is 12.1. The molecule has 1 aromatic heterocycles. The van der Waals surface area contributed by atoms with Crippen LogP contribution in [0.1, 0.15) is 16.1 Å². The zero-order chi connectivity index (χ0) is 24.8. The Labute approximate surface area is 184 Å².